The minimum Gasteiger partial charge on any atom is -0.493 e. The third-order valence-electron chi connectivity index (χ3n) is 5.23. The fraction of sp³-hybridized carbons (Fsp3) is 0.111. The third-order valence-corrected chi connectivity index (χ3v) is 6.82. The van der Waals surface area contributed by atoms with Crippen LogP contribution in [0.3, 0.4) is 0 Å². The normalized spacial score (nSPS) is 13.9. The number of hydrogen-bond donors (Lipinski definition) is 2. The molecule has 1 heterocycles. The molecule has 0 aliphatic carbocycles. The molecule has 38 heavy (non-hydrogen) atoms. The van der Waals surface area contributed by atoms with E-state index < -0.39 is 23.6 Å². The van der Waals surface area contributed by atoms with Gasteiger partial charge in [0.1, 0.15) is 6.54 Å². The topological polar surface area (TPSA) is 114 Å². The molecule has 1 fully saturated rings. The first kappa shape index (κ1) is 27.0. The van der Waals surface area contributed by atoms with Crippen molar-refractivity contribution < 1.29 is 28.7 Å². The Morgan fingerprint density at radius 2 is 1.68 bits per heavy atom. The third kappa shape index (κ3) is 6.81. The van der Waals surface area contributed by atoms with Crippen LogP contribution in [-0.4, -0.2) is 48.1 Å². The van der Waals surface area contributed by atoms with Crippen LogP contribution in [0.5, 0.6) is 11.5 Å². The lowest BCUT2D eigenvalue weighted by Crippen LogP contribution is -2.36. The van der Waals surface area contributed by atoms with Crippen LogP contribution in [0.15, 0.2) is 82.2 Å². The highest BCUT2D eigenvalue weighted by atomic mass is 79.9. The van der Waals surface area contributed by atoms with Crippen molar-refractivity contribution >= 4 is 68.1 Å². The van der Waals surface area contributed by atoms with E-state index in [1.807, 2.05) is 18.2 Å². The highest BCUT2D eigenvalue weighted by Crippen LogP contribution is 2.34. The lowest BCUT2D eigenvalue weighted by molar-refractivity contribution is -0.127. The first-order valence-corrected chi connectivity index (χ1v) is 12.9. The van der Waals surface area contributed by atoms with Crippen LogP contribution in [-0.2, 0) is 14.4 Å². The zero-order valence-corrected chi connectivity index (χ0v) is 22.5. The number of nitrogens with zero attached hydrogens (tertiary/aromatic N) is 1. The van der Waals surface area contributed by atoms with Crippen LogP contribution in [0.4, 0.5) is 16.2 Å². The van der Waals surface area contributed by atoms with Gasteiger partial charge >= 0.3 is 0 Å². The van der Waals surface area contributed by atoms with Crippen molar-refractivity contribution in [1.82, 2.24) is 4.90 Å². The van der Waals surface area contributed by atoms with Gasteiger partial charge in [-0.25, -0.2) is 0 Å². The van der Waals surface area contributed by atoms with Crippen LogP contribution in [0.2, 0.25) is 0 Å². The molecule has 3 aromatic rings. The molecule has 9 nitrogen and oxygen atoms in total. The average Bonchev–Trinajstić information content (AvgIpc) is 3.16. The summed E-state index contributed by atoms with van der Waals surface area (Å²) in [6.07, 6.45) is 1.53. The van der Waals surface area contributed by atoms with Gasteiger partial charge in [0.2, 0.25) is 5.91 Å². The summed E-state index contributed by atoms with van der Waals surface area (Å²) in [5.41, 5.74) is 1.76. The molecule has 0 unspecified atom stereocenters. The molecule has 0 bridgehead atoms. The quantitative estimate of drug-likeness (QED) is 0.329. The number of para-hydroxylation sites is 2. The van der Waals surface area contributed by atoms with Crippen molar-refractivity contribution in [2.24, 2.45) is 0 Å². The summed E-state index contributed by atoms with van der Waals surface area (Å²) in [4.78, 5) is 51.0. The van der Waals surface area contributed by atoms with Gasteiger partial charge in [0.25, 0.3) is 17.1 Å². The maximum atomic E-state index is 12.9. The van der Waals surface area contributed by atoms with Gasteiger partial charge < -0.3 is 20.1 Å². The molecule has 11 heteroatoms. The van der Waals surface area contributed by atoms with Crippen molar-refractivity contribution in [2.45, 2.75) is 0 Å². The van der Waals surface area contributed by atoms with E-state index in [1.165, 1.54) is 13.2 Å². The average molecular weight is 596 g/mol. The first-order chi connectivity index (χ1) is 18.3. The summed E-state index contributed by atoms with van der Waals surface area (Å²) in [5.74, 6) is -0.721. The van der Waals surface area contributed by atoms with Crippen LogP contribution < -0.4 is 20.1 Å². The van der Waals surface area contributed by atoms with Crippen molar-refractivity contribution in [1.29, 1.82) is 0 Å². The van der Waals surface area contributed by atoms with E-state index >= 15 is 0 Å². The fourth-order valence-electron chi connectivity index (χ4n) is 3.44. The van der Waals surface area contributed by atoms with E-state index in [4.69, 9.17) is 9.47 Å². The van der Waals surface area contributed by atoms with Gasteiger partial charge in [0.15, 0.2) is 18.1 Å². The van der Waals surface area contributed by atoms with Crippen LogP contribution in [0, 0.1) is 0 Å². The molecular formula is C27H22BrN3O6S. The Kier molecular flexibility index (Phi) is 8.82. The number of anilines is 2. The molecule has 194 valence electrons. The maximum absolute atomic E-state index is 12.9. The summed E-state index contributed by atoms with van der Waals surface area (Å²) >= 11 is 4.09. The highest BCUT2D eigenvalue weighted by Gasteiger charge is 2.36. The SMILES string of the molecule is COc1cc(/C=C2\SC(=O)N(CC(=O)Nc3ccccc3Br)C2=O)ccc1OCC(=O)Nc1ccccc1. The van der Waals surface area contributed by atoms with Gasteiger partial charge in [-0.15, -0.1) is 0 Å². The number of carbonyl (C=O) groups excluding carboxylic acids is 4. The van der Waals surface area contributed by atoms with Gasteiger partial charge in [0.05, 0.1) is 17.7 Å². The Bertz CT molecular complexity index is 1410. The second-order valence-corrected chi connectivity index (χ2v) is 9.76. The summed E-state index contributed by atoms with van der Waals surface area (Å²) < 4.78 is 11.7. The van der Waals surface area contributed by atoms with E-state index in [0.29, 0.717) is 32.9 Å². The molecule has 0 aromatic heterocycles. The zero-order valence-electron chi connectivity index (χ0n) is 20.1. The molecule has 0 saturated carbocycles. The predicted molar refractivity (Wildman–Crippen MR) is 149 cm³/mol. The number of hydrogen-bond acceptors (Lipinski definition) is 7. The standard InChI is InChI=1S/C27H22BrN3O6S/c1-36-22-13-17(11-12-21(22)37-16-25(33)29-18-7-3-2-4-8-18)14-23-26(34)31(27(35)38-23)15-24(32)30-20-10-6-5-9-19(20)28/h2-14H,15-16H2,1H3,(H,29,33)(H,30,32)/b23-14-. The van der Waals surface area contributed by atoms with Gasteiger partial charge in [0, 0.05) is 10.2 Å². The Hall–Kier alpha value is -4.09. The van der Waals surface area contributed by atoms with E-state index in [2.05, 4.69) is 26.6 Å². The van der Waals surface area contributed by atoms with Crippen molar-refractivity contribution in [3.63, 3.8) is 0 Å². The van der Waals surface area contributed by atoms with Crippen LogP contribution in [0.25, 0.3) is 6.08 Å². The van der Waals surface area contributed by atoms with Crippen molar-refractivity contribution in [3.8, 4) is 11.5 Å². The Labute approximate surface area is 231 Å². The minimum atomic E-state index is -0.570. The number of benzene rings is 3. The summed E-state index contributed by atoms with van der Waals surface area (Å²) in [5, 5.41) is 4.87. The Morgan fingerprint density at radius 3 is 2.42 bits per heavy atom. The molecule has 2 N–H and O–H groups in total. The monoisotopic (exact) mass is 595 g/mol. The molecular weight excluding hydrogens is 574 g/mol. The molecule has 0 radical (unpaired) electrons. The van der Waals surface area contributed by atoms with E-state index in [-0.39, 0.29) is 17.4 Å². The lowest BCUT2D eigenvalue weighted by atomic mass is 10.2. The van der Waals surface area contributed by atoms with E-state index in [1.54, 1.807) is 54.6 Å². The zero-order chi connectivity index (χ0) is 27.1. The van der Waals surface area contributed by atoms with Gasteiger partial charge in [-0.3, -0.25) is 24.1 Å². The van der Waals surface area contributed by atoms with E-state index in [9.17, 15) is 19.2 Å². The van der Waals surface area contributed by atoms with Crippen molar-refractivity contribution in [3.05, 3.63) is 87.7 Å². The maximum Gasteiger partial charge on any atom is 0.294 e. The molecule has 0 spiro atoms. The number of rotatable bonds is 9. The molecule has 0 atom stereocenters. The number of thioether (sulfide) groups is 1. The second kappa shape index (κ2) is 12.4. The Balaban J connectivity index is 1.39. The predicted octanol–water partition coefficient (Wildman–Crippen LogP) is 5.15. The number of methoxy groups -OCH3 is 1. The molecule has 4 rings (SSSR count). The van der Waals surface area contributed by atoms with Crippen LogP contribution >= 0.6 is 27.7 Å². The number of halogens is 1. The minimum absolute atomic E-state index is 0.168. The lowest BCUT2D eigenvalue weighted by Gasteiger charge is -2.13. The van der Waals surface area contributed by atoms with Crippen LogP contribution in [0.1, 0.15) is 5.56 Å². The molecule has 1 aliphatic heterocycles. The number of ether oxygens (including phenoxy) is 2. The Morgan fingerprint density at radius 1 is 0.947 bits per heavy atom. The summed E-state index contributed by atoms with van der Waals surface area (Å²) in [6, 6.07) is 20.9. The first-order valence-electron chi connectivity index (χ1n) is 11.3. The number of nitrogens with one attached hydrogen (secondary N) is 2. The smallest absolute Gasteiger partial charge is 0.294 e. The number of imide groups is 1. The largest absolute Gasteiger partial charge is 0.493 e. The molecule has 3 aromatic carbocycles. The van der Waals surface area contributed by atoms with Gasteiger partial charge in [-0.05, 0) is 75.7 Å². The van der Waals surface area contributed by atoms with E-state index in [0.717, 1.165) is 16.7 Å². The molecule has 1 saturated heterocycles. The molecule has 4 amide bonds. The summed E-state index contributed by atoms with van der Waals surface area (Å²) in [6.45, 7) is -0.643. The number of carbonyl (C=O) groups is 4. The fourth-order valence-corrected chi connectivity index (χ4v) is 4.66. The summed E-state index contributed by atoms with van der Waals surface area (Å²) in [7, 11) is 1.45. The van der Waals surface area contributed by atoms with Gasteiger partial charge in [-0.1, -0.05) is 36.4 Å². The van der Waals surface area contributed by atoms with Gasteiger partial charge in [-0.2, -0.15) is 0 Å². The number of amides is 4. The van der Waals surface area contributed by atoms with Crippen molar-refractivity contribution in [2.75, 3.05) is 30.9 Å². The second-order valence-electron chi connectivity index (χ2n) is 7.91. The molecule has 1 aliphatic rings. The highest BCUT2D eigenvalue weighted by molar-refractivity contribution is 9.10.